The Kier molecular flexibility index (Phi) is 4.27. The number of hydrogen-bond donors (Lipinski definition) is 0. The molecular formula is C12H13ClINO2. The SMILES string of the molecule is C[C@@H]1CN(C(=O)c2cccc(Cl)c2I)CCO1. The van der Waals surface area contributed by atoms with Crippen LogP contribution < -0.4 is 0 Å². The first-order chi connectivity index (χ1) is 8.09. The first-order valence-electron chi connectivity index (χ1n) is 5.44. The van der Waals surface area contributed by atoms with Gasteiger partial charge in [-0.05, 0) is 41.6 Å². The van der Waals surface area contributed by atoms with Crippen LogP contribution >= 0.6 is 34.2 Å². The number of rotatable bonds is 1. The highest BCUT2D eigenvalue weighted by Gasteiger charge is 2.24. The van der Waals surface area contributed by atoms with E-state index >= 15 is 0 Å². The maximum absolute atomic E-state index is 12.3. The van der Waals surface area contributed by atoms with E-state index in [1.165, 1.54) is 0 Å². The lowest BCUT2D eigenvalue weighted by molar-refractivity contribution is -0.0124. The molecule has 0 unspecified atom stereocenters. The normalized spacial score (nSPS) is 20.4. The predicted octanol–water partition coefficient (Wildman–Crippen LogP) is 2.81. The van der Waals surface area contributed by atoms with Crippen molar-refractivity contribution in [3.05, 3.63) is 32.4 Å². The summed E-state index contributed by atoms with van der Waals surface area (Å²) in [6.07, 6.45) is 0.101. The maximum atomic E-state index is 12.3. The highest BCUT2D eigenvalue weighted by Crippen LogP contribution is 2.23. The third kappa shape index (κ3) is 2.92. The Bertz CT molecular complexity index is 439. The molecule has 5 heteroatoms. The number of amides is 1. The molecule has 1 aromatic carbocycles. The minimum atomic E-state index is 0.0343. The second-order valence-corrected chi connectivity index (χ2v) is 5.52. The predicted molar refractivity (Wildman–Crippen MR) is 75.5 cm³/mol. The van der Waals surface area contributed by atoms with Crippen molar-refractivity contribution in [1.29, 1.82) is 0 Å². The molecule has 1 aliphatic heterocycles. The molecule has 0 aromatic heterocycles. The summed E-state index contributed by atoms with van der Waals surface area (Å²) in [5, 5.41) is 0.623. The van der Waals surface area contributed by atoms with Crippen LogP contribution in [0.3, 0.4) is 0 Å². The van der Waals surface area contributed by atoms with Gasteiger partial charge in [-0.3, -0.25) is 4.79 Å². The molecule has 1 heterocycles. The molecule has 0 saturated carbocycles. The number of morpholine rings is 1. The average molecular weight is 366 g/mol. The van der Waals surface area contributed by atoms with Gasteiger partial charge in [-0.25, -0.2) is 0 Å². The summed E-state index contributed by atoms with van der Waals surface area (Å²) in [4.78, 5) is 14.1. The maximum Gasteiger partial charge on any atom is 0.255 e. The fraction of sp³-hybridized carbons (Fsp3) is 0.417. The molecule has 1 atom stereocenters. The number of halogens is 2. The molecule has 1 amide bonds. The number of ether oxygens (including phenoxy) is 1. The van der Waals surface area contributed by atoms with E-state index in [2.05, 4.69) is 22.6 Å². The van der Waals surface area contributed by atoms with Crippen LogP contribution in [0.4, 0.5) is 0 Å². The van der Waals surface area contributed by atoms with Gasteiger partial charge in [-0.15, -0.1) is 0 Å². The van der Waals surface area contributed by atoms with Crippen molar-refractivity contribution in [2.75, 3.05) is 19.7 Å². The van der Waals surface area contributed by atoms with Crippen molar-refractivity contribution < 1.29 is 9.53 Å². The van der Waals surface area contributed by atoms with E-state index < -0.39 is 0 Å². The zero-order valence-corrected chi connectivity index (χ0v) is 12.4. The van der Waals surface area contributed by atoms with Crippen LogP contribution in [-0.4, -0.2) is 36.6 Å². The zero-order chi connectivity index (χ0) is 12.4. The van der Waals surface area contributed by atoms with Crippen LogP contribution in [0.25, 0.3) is 0 Å². The number of nitrogens with zero attached hydrogens (tertiary/aromatic N) is 1. The van der Waals surface area contributed by atoms with Crippen LogP contribution in [0.2, 0.25) is 5.02 Å². The summed E-state index contributed by atoms with van der Waals surface area (Å²) < 4.78 is 6.24. The zero-order valence-electron chi connectivity index (χ0n) is 9.45. The number of benzene rings is 1. The number of carbonyl (C=O) groups excluding carboxylic acids is 1. The van der Waals surface area contributed by atoms with Gasteiger partial charge in [-0.1, -0.05) is 17.7 Å². The van der Waals surface area contributed by atoms with E-state index in [1.807, 2.05) is 24.0 Å². The number of hydrogen-bond acceptors (Lipinski definition) is 2. The summed E-state index contributed by atoms with van der Waals surface area (Å²) >= 11 is 8.13. The van der Waals surface area contributed by atoms with E-state index in [9.17, 15) is 4.79 Å². The highest BCUT2D eigenvalue weighted by molar-refractivity contribution is 14.1. The Morgan fingerprint density at radius 1 is 1.59 bits per heavy atom. The largest absolute Gasteiger partial charge is 0.375 e. The molecule has 0 bridgehead atoms. The van der Waals surface area contributed by atoms with Gasteiger partial charge < -0.3 is 9.64 Å². The van der Waals surface area contributed by atoms with Crippen LogP contribution in [0.5, 0.6) is 0 Å². The summed E-state index contributed by atoms with van der Waals surface area (Å²) in [5.41, 5.74) is 0.673. The molecule has 1 aromatic rings. The summed E-state index contributed by atoms with van der Waals surface area (Å²) in [6.45, 7) is 3.86. The van der Waals surface area contributed by atoms with E-state index in [0.29, 0.717) is 30.3 Å². The Balaban J connectivity index is 2.22. The second kappa shape index (κ2) is 5.54. The molecule has 0 spiro atoms. The van der Waals surface area contributed by atoms with Crippen molar-refractivity contribution in [2.45, 2.75) is 13.0 Å². The molecule has 17 heavy (non-hydrogen) atoms. The van der Waals surface area contributed by atoms with E-state index in [0.717, 1.165) is 3.57 Å². The molecule has 1 fully saturated rings. The molecule has 92 valence electrons. The third-order valence-corrected chi connectivity index (χ3v) is 4.51. The van der Waals surface area contributed by atoms with Gasteiger partial charge in [0.15, 0.2) is 0 Å². The fourth-order valence-corrected chi connectivity index (χ4v) is 2.61. The molecule has 0 aliphatic carbocycles. The second-order valence-electron chi connectivity index (χ2n) is 4.03. The average Bonchev–Trinajstić information content (AvgIpc) is 2.32. The third-order valence-electron chi connectivity index (χ3n) is 2.71. The molecular weight excluding hydrogens is 352 g/mol. The lowest BCUT2D eigenvalue weighted by Crippen LogP contribution is -2.44. The lowest BCUT2D eigenvalue weighted by atomic mass is 10.2. The standard InChI is InChI=1S/C12H13ClINO2/c1-8-7-15(5-6-17-8)12(16)9-3-2-4-10(13)11(9)14/h2-4,8H,5-7H2,1H3/t8-/m1/s1. The number of carbonyl (C=O) groups is 1. The van der Waals surface area contributed by atoms with E-state index in [-0.39, 0.29) is 12.0 Å². The van der Waals surface area contributed by atoms with Crippen LogP contribution in [-0.2, 0) is 4.74 Å². The van der Waals surface area contributed by atoms with Crippen molar-refractivity contribution in [3.8, 4) is 0 Å². The van der Waals surface area contributed by atoms with Crippen LogP contribution in [0, 0.1) is 3.57 Å². The monoisotopic (exact) mass is 365 g/mol. The van der Waals surface area contributed by atoms with E-state index in [1.54, 1.807) is 6.07 Å². The molecule has 0 radical (unpaired) electrons. The van der Waals surface area contributed by atoms with Crippen molar-refractivity contribution in [2.24, 2.45) is 0 Å². The Morgan fingerprint density at radius 3 is 3.06 bits per heavy atom. The first-order valence-corrected chi connectivity index (χ1v) is 6.90. The van der Waals surface area contributed by atoms with Gasteiger partial charge in [0.1, 0.15) is 0 Å². The van der Waals surface area contributed by atoms with Gasteiger partial charge in [0, 0.05) is 16.7 Å². The molecule has 3 nitrogen and oxygen atoms in total. The Morgan fingerprint density at radius 2 is 2.35 bits per heavy atom. The summed E-state index contributed by atoms with van der Waals surface area (Å²) in [7, 11) is 0. The van der Waals surface area contributed by atoms with Crippen molar-refractivity contribution in [3.63, 3.8) is 0 Å². The van der Waals surface area contributed by atoms with Crippen LogP contribution in [0.15, 0.2) is 18.2 Å². The molecule has 0 N–H and O–H groups in total. The van der Waals surface area contributed by atoms with Gasteiger partial charge in [0.25, 0.3) is 5.91 Å². The smallest absolute Gasteiger partial charge is 0.255 e. The Labute approximate surface area is 119 Å². The topological polar surface area (TPSA) is 29.5 Å². The molecule has 1 saturated heterocycles. The first kappa shape index (κ1) is 13.1. The van der Waals surface area contributed by atoms with Crippen molar-refractivity contribution >= 4 is 40.1 Å². The van der Waals surface area contributed by atoms with Gasteiger partial charge in [-0.2, -0.15) is 0 Å². The highest BCUT2D eigenvalue weighted by atomic mass is 127. The Hall–Kier alpha value is -0.330. The minimum Gasteiger partial charge on any atom is -0.375 e. The molecule has 2 rings (SSSR count). The minimum absolute atomic E-state index is 0.0343. The lowest BCUT2D eigenvalue weighted by Gasteiger charge is -2.31. The van der Waals surface area contributed by atoms with Gasteiger partial charge in [0.05, 0.1) is 23.3 Å². The van der Waals surface area contributed by atoms with Gasteiger partial charge >= 0.3 is 0 Å². The molecule has 1 aliphatic rings. The quantitative estimate of drug-likeness (QED) is 0.716. The summed E-state index contributed by atoms with van der Waals surface area (Å²) in [5.74, 6) is 0.0343. The van der Waals surface area contributed by atoms with Crippen LogP contribution in [0.1, 0.15) is 17.3 Å². The van der Waals surface area contributed by atoms with Gasteiger partial charge in [0.2, 0.25) is 0 Å². The summed E-state index contributed by atoms with van der Waals surface area (Å²) in [6, 6.07) is 5.42. The fourth-order valence-electron chi connectivity index (χ4n) is 1.84. The van der Waals surface area contributed by atoms with E-state index in [4.69, 9.17) is 16.3 Å². The van der Waals surface area contributed by atoms with Crippen molar-refractivity contribution in [1.82, 2.24) is 4.90 Å².